The minimum atomic E-state index is -3.36. The zero-order valence-electron chi connectivity index (χ0n) is 13.1. The molecule has 0 aromatic carbocycles. The van der Waals surface area contributed by atoms with Crippen molar-refractivity contribution in [2.75, 3.05) is 26.2 Å². The zero-order chi connectivity index (χ0) is 15.5. The highest BCUT2D eigenvalue weighted by molar-refractivity contribution is 7.88. The van der Waals surface area contributed by atoms with Gasteiger partial charge in [-0.25, -0.2) is 13.1 Å². The first-order valence-corrected chi connectivity index (χ1v) is 9.03. The van der Waals surface area contributed by atoms with Gasteiger partial charge in [-0.2, -0.15) is 0 Å². The van der Waals surface area contributed by atoms with Crippen LogP contribution in [0.4, 0.5) is 0 Å². The van der Waals surface area contributed by atoms with E-state index in [1.807, 2.05) is 0 Å². The van der Waals surface area contributed by atoms with Crippen LogP contribution in [0.15, 0.2) is 10.6 Å². The van der Waals surface area contributed by atoms with E-state index in [4.69, 9.17) is 4.52 Å². The van der Waals surface area contributed by atoms with Crippen LogP contribution in [0.1, 0.15) is 38.1 Å². The van der Waals surface area contributed by atoms with Crippen molar-refractivity contribution in [2.24, 2.45) is 5.41 Å². The predicted octanol–water partition coefficient (Wildman–Crippen LogP) is 1.52. The van der Waals surface area contributed by atoms with Gasteiger partial charge in [-0.05, 0) is 31.7 Å². The molecule has 21 heavy (non-hydrogen) atoms. The number of hydrogen-bond donors (Lipinski definition) is 1. The second-order valence-electron chi connectivity index (χ2n) is 6.63. The summed E-state index contributed by atoms with van der Waals surface area (Å²) in [4.78, 5) is 2.32. The molecule has 2 heterocycles. The van der Waals surface area contributed by atoms with Crippen LogP contribution in [0.3, 0.4) is 0 Å². The van der Waals surface area contributed by atoms with Gasteiger partial charge in [-0.15, -0.1) is 0 Å². The van der Waals surface area contributed by atoms with Gasteiger partial charge in [0.1, 0.15) is 5.75 Å². The number of nitrogens with one attached hydrogen (secondary N) is 1. The fraction of sp³-hybridized carbons (Fsp3) is 0.786. The van der Waals surface area contributed by atoms with Crippen LogP contribution < -0.4 is 4.72 Å². The number of hydrogen-bond acceptors (Lipinski definition) is 5. The highest BCUT2D eigenvalue weighted by Gasteiger charge is 2.26. The lowest BCUT2D eigenvalue weighted by Crippen LogP contribution is -2.43. The van der Waals surface area contributed by atoms with Gasteiger partial charge in [0.15, 0.2) is 5.76 Å². The summed E-state index contributed by atoms with van der Waals surface area (Å²) in [6.45, 7) is 9.54. The summed E-state index contributed by atoms with van der Waals surface area (Å²) in [5.41, 5.74) is 1.02. The van der Waals surface area contributed by atoms with Crippen LogP contribution in [0.2, 0.25) is 0 Å². The van der Waals surface area contributed by atoms with Crippen LogP contribution in [-0.4, -0.2) is 44.7 Å². The number of piperidine rings is 1. The van der Waals surface area contributed by atoms with Crippen molar-refractivity contribution >= 4 is 10.0 Å². The molecule has 1 N–H and O–H groups in total. The van der Waals surface area contributed by atoms with E-state index in [9.17, 15) is 8.42 Å². The lowest BCUT2D eigenvalue weighted by atomic mass is 9.84. The quantitative estimate of drug-likeness (QED) is 0.861. The Balaban J connectivity index is 1.77. The predicted molar refractivity (Wildman–Crippen MR) is 81.3 cm³/mol. The Morgan fingerprint density at radius 2 is 2.24 bits per heavy atom. The summed E-state index contributed by atoms with van der Waals surface area (Å²) in [5.74, 6) is 0.221. The van der Waals surface area contributed by atoms with Crippen molar-refractivity contribution in [1.82, 2.24) is 14.8 Å². The molecule has 1 aromatic rings. The van der Waals surface area contributed by atoms with Gasteiger partial charge in [0.05, 0.1) is 5.69 Å². The summed E-state index contributed by atoms with van der Waals surface area (Å²) >= 11 is 0. The van der Waals surface area contributed by atoms with E-state index < -0.39 is 10.0 Å². The first-order chi connectivity index (χ1) is 9.76. The number of aromatic nitrogens is 1. The van der Waals surface area contributed by atoms with Crippen molar-refractivity contribution < 1.29 is 12.9 Å². The van der Waals surface area contributed by atoms with Crippen molar-refractivity contribution in [3.8, 4) is 0 Å². The van der Waals surface area contributed by atoms with Gasteiger partial charge in [0.2, 0.25) is 10.0 Å². The van der Waals surface area contributed by atoms with E-state index in [1.165, 1.54) is 12.8 Å². The van der Waals surface area contributed by atoms with E-state index in [0.29, 0.717) is 23.4 Å². The van der Waals surface area contributed by atoms with Gasteiger partial charge in [-0.1, -0.05) is 19.0 Å². The maximum atomic E-state index is 12.0. The smallest absolute Gasteiger partial charge is 0.219 e. The van der Waals surface area contributed by atoms with E-state index in [0.717, 1.165) is 19.6 Å². The number of aryl methyl sites for hydroxylation is 1. The Morgan fingerprint density at radius 1 is 1.48 bits per heavy atom. The molecule has 1 aliphatic heterocycles. The molecule has 6 nitrogen and oxygen atoms in total. The number of nitrogens with zero attached hydrogens (tertiary/aromatic N) is 2. The Hall–Kier alpha value is -0.920. The average Bonchev–Trinajstić information content (AvgIpc) is 2.72. The zero-order valence-corrected chi connectivity index (χ0v) is 13.9. The third-order valence-corrected chi connectivity index (χ3v) is 5.05. The van der Waals surface area contributed by atoms with E-state index in [1.54, 1.807) is 13.0 Å². The van der Waals surface area contributed by atoms with Gasteiger partial charge in [0.25, 0.3) is 0 Å². The van der Waals surface area contributed by atoms with Gasteiger partial charge >= 0.3 is 0 Å². The first-order valence-electron chi connectivity index (χ1n) is 7.38. The van der Waals surface area contributed by atoms with Crippen molar-refractivity contribution in [1.29, 1.82) is 0 Å². The molecule has 0 saturated carbocycles. The second kappa shape index (κ2) is 6.46. The Bertz CT molecular complexity index is 566. The van der Waals surface area contributed by atoms with Gasteiger partial charge < -0.3 is 9.42 Å². The monoisotopic (exact) mass is 315 g/mol. The molecule has 120 valence electrons. The molecule has 1 fully saturated rings. The Labute approximate surface area is 126 Å². The lowest BCUT2D eigenvalue weighted by Gasteiger charge is -2.38. The van der Waals surface area contributed by atoms with Crippen LogP contribution in [0.25, 0.3) is 0 Å². The van der Waals surface area contributed by atoms with Crippen molar-refractivity contribution in [3.63, 3.8) is 0 Å². The largest absolute Gasteiger partial charge is 0.360 e. The summed E-state index contributed by atoms with van der Waals surface area (Å²) in [5, 5.41) is 3.70. The maximum Gasteiger partial charge on any atom is 0.219 e. The molecule has 0 aliphatic carbocycles. The summed E-state index contributed by atoms with van der Waals surface area (Å²) in [7, 11) is -3.36. The molecule has 7 heteroatoms. The minimum Gasteiger partial charge on any atom is -0.360 e. The number of sulfonamides is 1. The summed E-state index contributed by atoms with van der Waals surface area (Å²) in [6.07, 6.45) is 2.41. The maximum absolute atomic E-state index is 12.0. The molecule has 0 bridgehead atoms. The minimum absolute atomic E-state index is 0.153. The van der Waals surface area contributed by atoms with Crippen LogP contribution >= 0.6 is 0 Å². The molecular formula is C14H25N3O3S. The Kier molecular flexibility index (Phi) is 5.06. The van der Waals surface area contributed by atoms with E-state index >= 15 is 0 Å². The second-order valence-corrected chi connectivity index (χ2v) is 8.44. The topological polar surface area (TPSA) is 75.4 Å². The standard InChI is InChI=1S/C14H25N3O3S/c1-12-9-13(20-16-12)10-21(18,19)15-6-8-17-7-4-5-14(2,3)11-17/h9,15H,4-8,10-11H2,1-3H3. The molecule has 0 radical (unpaired) electrons. The molecule has 0 atom stereocenters. The lowest BCUT2D eigenvalue weighted by molar-refractivity contribution is 0.120. The molecule has 0 spiro atoms. The third kappa shape index (κ3) is 5.41. The number of likely N-dealkylation sites (tertiary alicyclic amines) is 1. The van der Waals surface area contributed by atoms with Crippen LogP contribution in [0, 0.1) is 12.3 Å². The molecule has 0 amide bonds. The summed E-state index contributed by atoms with van der Waals surface area (Å²) < 4.78 is 31.5. The normalized spacial score (nSPS) is 19.8. The highest BCUT2D eigenvalue weighted by atomic mass is 32.2. The van der Waals surface area contributed by atoms with Crippen molar-refractivity contribution in [2.45, 2.75) is 39.4 Å². The van der Waals surface area contributed by atoms with Crippen molar-refractivity contribution in [3.05, 3.63) is 17.5 Å². The molecule has 1 aromatic heterocycles. The van der Waals surface area contributed by atoms with Gasteiger partial charge in [-0.3, -0.25) is 0 Å². The van der Waals surface area contributed by atoms with Crippen LogP contribution in [-0.2, 0) is 15.8 Å². The summed E-state index contributed by atoms with van der Waals surface area (Å²) in [6, 6.07) is 1.65. The van der Waals surface area contributed by atoms with E-state index in [-0.39, 0.29) is 5.75 Å². The molecule has 1 saturated heterocycles. The molecule has 1 aliphatic rings. The average molecular weight is 315 g/mol. The van der Waals surface area contributed by atoms with Gasteiger partial charge in [0, 0.05) is 25.7 Å². The molecule has 2 rings (SSSR count). The third-order valence-electron chi connectivity index (χ3n) is 3.74. The molecule has 0 unspecified atom stereocenters. The Morgan fingerprint density at radius 3 is 2.86 bits per heavy atom. The first kappa shape index (κ1) is 16.5. The van der Waals surface area contributed by atoms with E-state index in [2.05, 4.69) is 28.6 Å². The highest BCUT2D eigenvalue weighted by Crippen LogP contribution is 2.27. The fourth-order valence-electron chi connectivity index (χ4n) is 2.82. The molecular weight excluding hydrogens is 290 g/mol. The fourth-order valence-corrected chi connectivity index (χ4v) is 3.83. The SMILES string of the molecule is Cc1cc(CS(=O)(=O)NCCN2CCCC(C)(C)C2)on1. The number of rotatable bonds is 6. The van der Waals surface area contributed by atoms with Crippen LogP contribution in [0.5, 0.6) is 0 Å².